The normalized spacial score (nSPS) is 14.5. The minimum atomic E-state index is -0.0556. The molecule has 0 radical (unpaired) electrons. The standard InChI is InChI=1S/C24H28N2O4/c1-29-21-14-19(15-22(16-21)30-2)8-9-23(27)26-12-10-20(11-13-26)24(28)25-17-18-6-4-3-5-7-18/h3-9,14-16,20H,10-13,17H2,1-2H3,(H,25,28). The van der Waals surface area contributed by atoms with Gasteiger partial charge in [0.1, 0.15) is 11.5 Å². The highest BCUT2D eigenvalue weighted by Gasteiger charge is 2.26. The molecule has 1 aliphatic rings. The number of carbonyl (C=O) groups is 2. The molecule has 0 aromatic heterocycles. The number of ether oxygens (including phenoxy) is 2. The lowest BCUT2D eigenvalue weighted by Crippen LogP contribution is -2.42. The summed E-state index contributed by atoms with van der Waals surface area (Å²) >= 11 is 0. The molecule has 1 aliphatic heterocycles. The largest absolute Gasteiger partial charge is 0.497 e. The van der Waals surface area contributed by atoms with E-state index in [1.807, 2.05) is 42.5 Å². The second-order valence-electron chi connectivity index (χ2n) is 7.28. The Morgan fingerprint density at radius 1 is 1.03 bits per heavy atom. The molecule has 6 heteroatoms. The number of methoxy groups -OCH3 is 2. The molecule has 1 fully saturated rings. The van der Waals surface area contributed by atoms with E-state index >= 15 is 0 Å². The maximum absolute atomic E-state index is 12.5. The van der Waals surface area contributed by atoms with Crippen LogP contribution in [0, 0.1) is 5.92 Å². The highest BCUT2D eigenvalue weighted by atomic mass is 16.5. The number of hydrogen-bond acceptors (Lipinski definition) is 4. The molecule has 0 bridgehead atoms. The zero-order chi connectivity index (χ0) is 21.3. The van der Waals surface area contributed by atoms with E-state index in [9.17, 15) is 9.59 Å². The predicted molar refractivity (Wildman–Crippen MR) is 116 cm³/mol. The molecule has 1 saturated heterocycles. The zero-order valence-corrected chi connectivity index (χ0v) is 17.5. The van der Waals surface area contributed by atoms with Crippen molar-refractivity contribution < 1.29 is 19.1 Å². The van der Waals surface area contributed by atoms with Crippen molar-refractivity contribution in [1.29, 1.82) is 0 Å². The zero-order valence-electron chi connectivity index (χ0n) is 17.5. The van der Waals surface area contributed by atoms with Crippen LogP contribution >= 0.6 is 0 Å². The third kappa shape index (κ3) is 5.86. The maximum atomic E-state index is 12.5. The van der Waals surface area contributed by atoms with Crippen LogP contribution in [0.25, 0.3) is 6.08 Å². The number of benzene rings is 2. The van der Waals surface area contributed by atoms with Gasteiger partial charge in [0.05, 0.1) is 14.2 Å². The van der Waals surface area contributed by atoms with Gasteiger partial charge in [0.15, 0.2) is 0 Å². The fraction of sp³-hybridized carbons (Fsp3) is 0.333. The SMILES string of the molecule is COc1cc(C=CC(=O)N2CCC(C(=O)NCc3ccccc3)CC2)cc(OC)c1. The van der Waals surface area contributed by atoms with Crippen LogP contribution < -0.4 is 14.8 Å². The molecule has 3 rings (SSSR count). The third-order valence-corrected chi connectivity index (χ3v) is 5.28. The average molecular weight is 408 g/mol. The van der Waals surface area contributed by atoms with Crippen LogP contribution in [0.5, 0.6) is 11.5 Å². The van der Waals surface area contributed by atoms with E-state index in [0.717, 1.165) is 11.1 Å². The van der Waals surface area contributed by atoms with Crippen LogP contribution in [0.3, 0.4) is 0 Å². The lowest BCUT2D eigenvalue weighted by Gasteiger charge is -2.30. The first-order chi connectivity index (χ1) is 14.6. The summed E-state index contributed by atoms with van der Waals surface area (Å²) in [6, 6.07) is 15.3. The molecule has 0 unspecified atom stereocenters. The van der Waals surface area contributed by atoms with E-state index in [2.05, 4.69) is 5.32 Å². The first-order valence-electron chi connectivity index (χ1n) is 10.1. The molecule has 6 nitrogen and oxygen atoms in total. The number of nitrogens with zero attached hydrogens (tertiary/aromatic N) is 1. The molecular formula is C24H28N2O4. The predicted octanol–water partition coefficient (Wildman–Crippen LogP) is 3.27. The van der Waals surface area contributed by atoms with E-state index < -0.39 is 0 Å². The van der Waals surface area contributed by atoms with Crippen molar-refractivity contribution in [2.45, 2.75) is 19.4 Å². The van der Waals surface area contributed by atoms with Crippen molar-refractivity contribution in [2.24, 2.45) is 5.92 Å². The van der Waals surface area contributed by atoms with Crippen molar-refractivity contribution in [3.05, 3.63) is 65.7 Å². The van der Waals surface area contributed by atoms with E-state index in [1.165, 1.54) is 0 Å². The van der Waals surface area contributed by atoms with Gasteiger partial charge in [0, 0.05) is 37.7 Å². The summed E-state index contributed by atoms with van der Waals surface area (Å²) in [5, 5.41) is 3.00. The van der Waals surface area contributed by atoms with Gasteiger partial charge in [-0.3, -0.25) is 9.59 Å². The Kier molecular flexibility index (Phi) is 7.49. The molecule has 2 aromatic carbocycles. The fourth-order valence-corrected chi connectivity index (χ4v) is 3.49. The molecule has 0 atom stereocenters. The first-order valence-corrected chi connectivity index (χ1v) is 10.1. The van der Waals surface area contributed by atoms with Gasteiger partial charge < -0.3 is 19.7 Å². The Labute approximate surface area is 177 Å². The van der Waals surface area contributed by atoms with Crippen molar-refractivity contribution in [3.8, 4) is 11.5 Å². The monoisotopic (exact) mass is 408 g/mol. The molecule has 2 aromatic rings. The summed E-state index contributed by atoms with van der Waals surface area (Å²) in [4.78, 5) is 26.8. The second-order valence-corrected chi connectivity index (χ2v) is 7.28. The number of amides is 2. The number of piperidine rings is 1. The Hall–Kier alpha value is -3.28. The Morgan fingerprint density at radius 3 is 2.27 bits per heavy atom. The fourth-order valence-electron chi connectivity index (χ4n) is 3.49. The van der Waals surface area contributed by atoms with Gasteiger partial charge in [-0.1, -0.05) is 30.3 Å². The summed E-state index contributed by atoms with van der Waals surface area (Å²) < 4.78 is 10.5. The minimum absolute atomic E-state index is 0.0515. The number of nitrogens with one attached hydrogen (secondary N) is 1. The van der Waals surface area contributed by atoms with Crippen molar-refractivity contribution >= 4 is 17.9 Å². The van der Waals surface area contributed by atoms with Gasteiger partial charge >= 0.3 is 0 Å². The molecule has 0 aliphatic carbocycles. The number of rotatable bonds is 7. The van der Waals surface area contributed by atoms with Crippen LogP contribution in [0.15, 0.2) is 54.6 Å². The van der Waals surface area contributed by atoms with Crippen LogP contribution in [0.2, 0.25) is 0 Å². The number of hydrogen-bond donors (Lipinski definition) is 1. The third-order valence-electron chi connectivity index (χ3n) is 5.28. The van der Waals surface area contributed by atoms with Gasteiger partial charge in [-0.2, -0.15) is 0 Å². The molecule has 2 amide bonds. The molecule has 1 heterocycles. The van der Waals surface area contributed by atoms with Gasteiger partial charge in [0.2, 0.25) is 11.8 Å². The number of likely N-dealkylation sites (tertiary alicyclic amines) is 1. The van der Waals surface area contributed by atoms with Crippen LogP contribution in [0.4, 0.5) is 0 Å². The molecule has 158 valence electrons. The van der Waals surface area contributed by atoms with Crippen molar-refractivity contribution in [1.82, 2.24) is 10.2 Å². The summed E-state index contributed by atoms with van der Waals surface area (Å²) in [7, 11) is 3.18. The Morgan fingerprint density at radius 2 is 1.67 bits per heavy atom. The molecule has 1 N–H and O–H groups in total. The summed E-state index contributed by atoms with van der Waals surface area (Å²) in [6.07, 6.45) is 4.66. The van der Waals surface area contributed by atoms with Crippen LogP contribution in [-0.2, 0) is 16.1 Å². The lowest BCUT2D eigenvalue weighted by molar-refractivity contribution is -0.132. The molecule has 30 heavy (non-hydrogen) atoms. The molecular weight excluding hydrogens is 380 g/mol. The Balaban J connectivity index is 1.49. The van der Waals surface area contributed by atoms with E-state index in [4.69, 9.17) is 9.47 Å². The van der Waals surface area contributed by atoms with Gasteiger partial charge in [0.25, 0.3) is 0 Å². The molecule has 0 spiro atoms. The average Bonchev–Trinajstić information content (AvgIpc) is 2.81. The van der Waals surface area contributed by atoms with Crippen molar-refractivity contribution in [3.63, 3.8) is 0 Å². The maximum Gasteiger partial charge on any atom is 0.246 e. The molecule has 0 saturated carbocycles. The highest BCUT2D eigenvalue weighted by molar-refractivity contribution is 5.92. The van der Waals surface area contributed by atoms with E-state index in [-0.39, 0.29) is 17.7 Å². The summed E-state index contributed by atoms with van der Waals surface area (Å²) in [6.45, 7) is 1.69. The quantitative estimate of drug-likeness (QED) is 0.714. The van der Waals surface area contributed by atoms with E-state index in [0.29, 0.717) is 44.0 Å². The van der Waals surface area contributed by atoms with E-state index in [1.54, 1.807) is 37.3 Å². The van der Waals surface area contributed by atoms with Gasteiger partial charge in [-0.05, 0) is 42.2 Å². The summed E-state index contributed by atoms with van der Waals surface area (Å²) in [5.41, 5.74) is 1.91. The minimum Gasteiger partial charge on any atom is -0.497 e. The lowest BCUT2D eigenvalue weighted by atomic mass is 9.95. The smallest absolute Gasteiger partial charge is 0.246 e. The first kappa shape index (κ1) is 21.4. The van der Waals surface area contributed by atoms with Crippen LogP contribution in [-0.4, -0.2) is 44.0 Å². The summed E-state index contributed by atoms with van der Waals surface area (Å²) in [5.74, 6) is 1.29. The van der Waals surface area contributed by atoms with Crippen LogP contribution in [0.1, 0.15) is 24.0 Å². The van der Waals surface area contributed by atoms with Gasteiger partial charge in [-0.15, -0.1) is 0 Å². The van der Waals surface area contributed by atoms with Crippen molar-refractivity contribution in [2.75, 3.05) is 27.3 Å². The van der Waals surface area contributed by atoms with Gasteiger partial charge in [-0.25, -0.2) is 0 Å². The second kappa shape index (κ2) is 10.5. The number of carbonyl (C=O) groups excluding carboxylic acids is 2. The highest BCUT2D eigenvalue weighted by Crippen LogP contribution is 2.23. The topological polar surface area (TPSA) is 67.9 Å². The Bertz CT molecular complexity index is 865.